The lowest BCUT2D eigenvalue weighted by Crippen LogP contribution is -2.46. The highest BCUT2D eigenvalue weighted by atomic mass is 15.3. The van der Waals surface area contributed by atoms with Gasteiger partial charge in [0.05, 0.1) is 0 Å². The molecular formula is C18H37N5. The Balaban J connectivity index is 1.58. The molecule has 2 rings (SSSR count). The van der Waals surface area contributed by atoms with Crippen LogP contribution in [0, 0.1) is 0 Å². The molecule has 0 aromatic carbocycles. The zero-order valence-corrected chi connectivity index (χ0v) is 15.3. The molecule has 2 aliphatic rings. The average molecular weight is 324 g/mol. The van der Waals surface area contributed by atoms with Gasteiger partial charge in [0.15, 0.2) is 5.96 Å². The largest absolute Gasteiger partial charge is 0.357 e. The predicted molar refractivity (Wildman–Crippen MR) is 99.2 cm³/mol. The molecular weight excluding hydrogens is 286 g/mol. The summed E-state index contributed by atoms with van der Waals surface area (Å²) in [6.07, 6.45) is 7.78. The number of nitrogens with zero attached hydrogens (tertiary/aromatic N) is 3. The van der Waals surface area contributed by atoms with Crippen LogP contribution in [0.5, 0.6) is 0 Å². The van der Waals surface area contributed by atoms with Crippen molar-refractivity contribution in [2.75, 3.05) is 52.4 Å². The monoisotopic (exact) mass is 323 g/mol. The molecule has 0 amide bonds. The SMILES string of the molecule is CCNC(=NCCCCN1CCN(CC)CC1)NC1CCCC1. The van der Waals surface area contributed by atoms with E-state index in [0.29, 0.717) is 6.04 Å². The number of likely N-dealkylation sites (N-methyl/N-ethyl adjacent to an activating group) is 1. The van der Waals surface area contributed by atoms with Crippen molar-refractivity contribution in [3.05, 3.63) is 0 Å². The number of hydrogen-bond donors (Lipinski definition) is 2. The van der Waals surface area contributed by atoms with Gasteiger partial charge in [-0.3, -0.25) is 4.99 Å². The number of aliphatic imine (C=N–C) groups is 1. The summed E-state index contributed by atoms with van der Waals surface area (Å²) >= 11 is 0. The first-order valence-corrected chi connectivity index (χ1v) is 9.81. The van der Waals surface area contributed by atoms with Gasteiger partial charge >= 0.3 is 0 Å². The summed E-state index contributed by atoms with van der Waals surface area (Å²) in [4.78, 5) is 9.90. The molecule has 0 bridgehead atoms. The summed E-state index contributed by atoms with van der Waals surface area (Å²) in [6, 6.07) is 0.641. The number of unbranched alkanes of at least 4 members (excludes halogenated alkanes) is 1. The van der Waals surface area contributed by atoms with Crippen molar-refractivity contribution in [1.29, 1.82) is 0 Å². The fourth-order valence-electron chi connectivity index (χ4n) is 3.55. The molecule has 0 aromatic rings. The molecule has 2 N–H and O–H groups in total. The Hall–Kier alpha value is -0.810. The Labute approximate surface area is 142 Å². The maximum Gasteiger partial charge on any atom is 0.191 e. The van der Waals surface area contributed by atoms with Gasteiger partial charge in [-0.15, -0.1) is 0 Å². The van der Waals surface area contributed by atoms with E-state index in [1.807, 2.05) is 0 Å². The molecule has 23 heavy (non-hydrogen) atoms. The normalized spacial score (nSPS) is 21.7. The van der Waals surface area contributed by atoms with Crippen molar-refractivity contribution in [1.82, 2.24) is 20.4 Å². The average Bonchev–Trinajstić information content (AvgIpc) is 3.08. The highest BCUT2D eigenvalue weighted by Gasteiger charge is 2.16. The quantitative estimate of drug-likeness (QED) is 0.407. The minimum atomic E-state index is 0.641. The van der Waals surface area contributed by atoms with E-state index in [4.69, 9.17) is 4.99 Å². The topological polar surface area (TPSA) is 42.9 Å². The molecule has 0 spiro atoms. The van der Waals surface area contributed by atoms with Crippen LogP contribution >= 0.6 is 0 Å². The van der Waals surface area contributed by atoms with Crippen LogP contribution in [0.1, 0.15) is 52.4 Å². The zero-order valence-electron chi connectivity index (χ0n) is 15.3. The number of guanidine groups is 1. The highest BCUT2D eigenvalue weighted by molar-refractivity contribution is 5.80. The second-order valence-electron chi connectivity index (χ2n) is 6.87. The fourth-order valence-corrected chi connectivity index (χ4v) is 3.55. The van der Waals surface area contributed by atoms with Crippen LogP contribution in [0.2, 0.25) is 0 Å². The van der Waals surface area contributed by atoms with Gasteiger partial charge in [0, 0.05) is 45.3 Å². The lowest BCUT2D eigenvalue weighted by atomic mass is 10.2. The van der Waals surface area contributed by atoms with Gasteiger partial charge in [0.25, 0.3) is 0 Å². The second-order valence-corrected chi connectivity index (χ2v) is 6.87. The Morgan fingerprint density at radius 2 is 1.70 bits per heavy atom. The summed E-state index contributed by atoms with van der Waals surface area (Å²) < 4.78 is 0. The van der Waals surface area contributed by atoms with E-state index in [-0.39, 0.29) is 0 Å². The Morgan fingerprint density at radius 1 is 1.00 bits per heavy atom. The first kappa shape index (κ1) is 18.5. The van der Waals surface area contributed by atoms with E-state index in [0.717, 1.165) is 19.0 Å². The third-order valence-electron chi connectivity index (χ3n) is 5.10. The van der Waals surface area contributed by atoms with Crippen LogP contribution in [-0.4, -0.2) is 74.2 Å². The lowest BCUT2D eigenvalue weighted by Gasteiger charge is -2.33. The molecule has 0 atom stereocenters. The first-order valence-electron chi connectivity index (χ1n) is 9.81. The van der Waals surface area contributed by atoms with Crippen molar-refractivity contribution in [3.8, 4) is 0 Å². The molecule has 5 heteroatoms. The smallest absolute Gasteiger partial charge is 0.191 e. The summed E-state index contributed by atoms with van der Waals surface area (Å²) in [5.41, 5.74) is 0. The van der Waals surface area contributed by atoms with E-state index in [1.165, 1.54) is 77.8 Å². The number of piperazine rings is 1. The second kappa shape index (κ2) is 10.9. The molecule has 2 fully saturated rings. The van der Waals surface area contributed by atoms with Crippen LogP contribution in [0.3, 0.4) is 0 Å². The van der Waals surface area contributed by atoms with Crippen LogP contribution in [-0.2, 0) is 0 Å². The molecule has 1 heterocycles. The van der Waals surface area contributed by atoms with Crippen LogP contribution in [0.4, 0.5) is 0 Å². The van der Waals surface area contributed by atoms with Gasteiger partial charge < -0.3 is 20.4 Å². The van der Waals surface area contributed by atoms with Crippen molar-refractivity contribution in [2.45, 2.75) is 58.4 Å². The molecule has 1 saturated carbocycles. The van der Waals surface area contributed by atoms with Crippen LogP contribution in [0.25, 0.3) is 0 Å². The molecule has 1 saturated heterocycles. The van der Waals surface area contributed by atoms with Gasteiger partial charge in [-0.05, 0) is 45.7 Å². The van der Waals surface area contributed by atoms with Crippen molar-refractivity contribution >= 4 is 5.96 Å². The standard InChI is InChI=1S/C18H37N5/c1-3-19-18(21-17-9-5-6-10-17)20-11-7-8-12-23-15-13-22(4-2)14-16-23/h17H,3-16H2,1-2H3,(H2,19,20,21). The highest BCUT2D eigenvalue weighted by Crippen LogP contribution is 2.17. The molecule has 134 valence electrons. The summed E-state index contributed by atoms with van der Waals surface area (Å²) in [6.45, 7) is 13.7. The van der Waals surface area contributed by atoms with Gasteiger partial charge in [-0.25, -0.2) is 0 Å². The van der Waals surface area contributed by atoms with Gasteiger partial charge in [-0.1, -0.05) is 19.8 Å². The zero-order chi connectivity index (χ0) is 16.3. The molecule has 0 aromatic heterocycles. The summed E-state index contributed by atoms with van der Waals surface area (Å²) in [5, 5.41) is 6.98. The Morgan fingerprint density at radius 3 is 2.35 bits per heavy atom. The van der Waals surface area contributed by atoms with Crippen molar-refractivity contribution < 1.29 is 0 Å². The van der Waals surface area contributed by atoms with Gasteiger partial charge in [0.1, 0.15) is 0 Å². The molecule has 1 aliphatic carbocycles. The third-order valence-corrected chi connectivity index (χ3v) is 5.10. The van der Waals surface area contributed by atoms with Crippen molar-refractivity contribution in [2.24, 2.45) is 4.99 Å². The maximum absolute atomic E-state index is 4.75. The predicted octanol–water partition coefficient (Wildman–Crippen LogP) is 1.90. The maximum atomic E-state index is 4.75. The lowest BCUT2D eigenvalue weighted by molar-refractivity contribution is 0.136. The molecule has 0 radical (unpaired) electrons. The van der Waals surface area contributed by atoms with Crippen LogP contribution in [0.15, 0.2) is 4.99 Å². The summed E-state index contributed by atoms with van der Waals surface area (Å²) in [5.74, 6) is 1.02. The van der Waals surface area contributed by atoms with E-state index < -0.39 is 0 Å². The minimum Gasteiger partial charge on any atom is -0.357 e. The van der Waals surface area contributed by atoms with Crippen molar-refractivity contribution in [3.63, 3.8) is 0 Å². The molecule has 5 nitrogen and oxygen atoms in total. The molecule has 0 unspecified atom stereocenters. The minimum absolute atomic E-state index is 0.641. The molecule has 1 aliphatic heterocycles. The first-order chi connectivity index (χ1) is 11.3. The van der Waals surface area contributed by atoms with Gasteiger partial charge in [0.2, 0.25) is 0 Å². The van der Waals surface area contributed by atoms with E-state index in [9.17, 15) is 0 Å². The third kappa shape index (κ3) is 7.08. The summed E-state index contributed by atoms with van der Waals surface area (Å²) in [7, 11) is 0. The van der Waals surface area contributed by atoms with Crippen LogP contribution < -0.4 is 10.6 Å². The Bertz CT molecular complexity index is 330. The number of rotatable bonds is 8. The van der Waals surface area contributed by atoms with E-state index >= 15 is 0 Å². The van der Waals surface area contributed by atoms with E-state index in [1.54, 1.807) is 0 Å². The number of hydrogen-bond acceptors (Lipinski definition) is 3. The van der Waals surface area contributed by atoms with Gasteiger partial charge in [-0.2, -0.15) is 0 Å². The van der Waals surface area contributed by atoms with E-state index in [2.05, 4.69) is 34.3 Å². The Kier molecular flexibility index (Phi) is 8.76. The fraction of sp³-hybridized carbons (Fsp3) is 0.944. The number of nitrogens with one attached hydrogen (secondary N) is 2.